The number of sulfonamides is 1. The monoisotopic (exact) mass is 387 g/mol. The fourth-order valence-corrected chi connectivity index (χ4v) is 4.60. The van der Waals surface area contributed by atoms with Gasteiger partial charge in [-0.3, -0.25) is 4.98 Å². The van der Waals surface area contributed by atoms with Crippen LogP contribution in [0.4, 0.5) is 5.82 Å². The molecule has 0 saturated carbocycles. The average molecular weight is 388 g/mol. The van der Waals surface area contributed by atoms with Crippen LogP contribution in [-0.4, -0.2) is 53.6 Å². The molecule has 0 radical (unpaired) electrons. The largest absolute Gasteiger partial charge is 0.356 e. The van der Waals surface area contributed by atoms with E-state index in [0.29, 0.717) is 25.3 Å². The van der Waals surface area contributed by atoms with E-state index in [1.54, 1.807) is 6.20 Å². The van der Waals surface area contributed by atoms with Crippen molar-refractivity contribution in [2.45, 2.75) is 38.6 Å². The lowest BCUT2D eigenvalue weighted by molar-refractivity contribution is 0.390. The molecule has 2 aromatic rings. The summed E-state index contributed by atoms with van der Waals surface area (Å²) in [6.45, 7) is 2.71. The first-order chi connectivity index (χ1) is 13.0. The Morgan fingerprint density at radius 1 is 1.00 bits per heavy atom. The first-order valence-corrected chi connectivity index (χ1v) is 11.4. The minimum atomic E-state index is -3.24. The third kappa shape index (κ3) is 3.96. The highest BCUT2D eigenvalue weighted by molar-refractivity contribution is 7.88. The van der Waals surface area contributed by atoms with Gasteiger partial charge in [0, 0.05) is 44.4 Å². The van der Waals surface area contributed by atoms with E-state index in [-0.39, 0.29) is 0 Å². The Bertz CT molecular complexity index is 909. The molecule has 0 unspecified atom stereocenters. The van der Waals surface area contributed by atoms with E-state index in [2.05, 4.69) is 9.88 Å². The molecule has 0 bridgehead atoms. The Balaban J connectivity index is 1.80. The number of rotatable bonds is 3. The zero-order valence-electron chi connectivity index (χ0n) is 15.6. The maximum absolute atomic E-state index is 12.1. The number of fused-ring (bicyclic) bond motifs is 1. The van der Waals surface area contributed by atoms with Gasteiger partial charge in [0.15, 0.2) is 5.82 Å². The van der Waals surface area contributed by atoms with Crippen molar-refractivity contribution in [2.24, 2.45) is 0 Å². The summed E-state index contributed by atoms with van der Waals surface area (Å²) in [5, 5.41) is 0. The third-order valence-corrected chi connectivity index (χ3v) is 6.52. The van der Waals surface area contributed by atoms with Crippen molar-refractivity contribution in [3.63, 3.8) is 0 Å². The van der Waals surface area contributed by atoms with Crippen LogP contribution >= 0.6 is 0 Å². The van der Waals surface area contributed by atoms with Crippen LogP contribution in [-0.2, 0) is 23.0 Å². The summed E-state index contributed by atoms with van der Waals surface area (Å²) in [5.41, 5.74) is 2.65. The summed E-state index contributed by atoms with van der Waals surface area (Å²) < 4.78 is 25.7. The van der Waals surface area contributed by atoms with Gasteiger partial charge in [0.1, 0.15) is 11.5 Å². The van der Waals surface area contributed by atoms with E-state index < -0.39 is 10.0 Å². The van der Waals surface area contributed by atoms with E-state index >= 15 is 0 Å². The van der Waals surface area contributed by atoms with Crippen LogP contribution in [0.15, 0.2) is 24.4 Å². The number of hydrogen-bond acceptors (Lipinski definition) is 6. The van der Waals surface area contributed by atoms with Crippen molar-refractivity contribution < 1.29 is 8.42 Å². The minimum absolute atomic E-state index is 0.350. The maximum atomic E-state index is 12.1. The third-order valence-electron chi connectivity index (χ3n) is 5.27. The molecule has 2 aliphatic rings. The van der Waals surface area contributed by atoms with E-state index in [9.17, 15) is 8.42 Å². The summed E-state index contributed by atoms with van der Waals surface area (Å²) in [5.74, 6) is 1.51. The first kappa shape index (κ1) is 18.3. The van der Waals surface area contributed by atoms with Crippen molar-refractivity contribution in [1.82, 2.24) is 19.3 Å². The number of pyridine rings is 1. The second-order valence-corrected chi connectivity index (χ2v) is 9.24. The quantitative estimate of drug-likeness (QED) is 0.804. The molecule has 4 rings (SSSR count). The molecule has 1 saturated heterocycles. The van der Waals surface area contributed by atoms with E-state index in [1.807, 2.05) is 18.2 Å². The number of nitrogens with zero attached hydrogens (tertiary/aromatic N) is 5. The zero-order chi connectivity index (χ0) is 18.9. The van der Waals surface area contributed by atoms with Crippen molar-refractivity contribution in [1.29, 1.82) is 0 Å². The van der Waals surface area contributed by atoms with Crippen LogP contribution in [0.1, 0.15) is 36.9 Å². The Hall–Kier alpha value is -2.06. The topological polar surface area (TPSA) is 79.3 Å². The fraction of sp³-hybridized carbons (Fsp3) is 0.526. The predicted molar refractivity (Wildman–Crippen MR) is 105 cm³/mol. The molecule has 0 aromatic carbocycles. The summed E-state index contributed by atoms with van der Waals surface area (Å²) in [6, 6.07) is 5.73. The average Bonchev–Trinajstić information content (AvgIpc) is 2.96. The molecule has 0 atom stereocenters. The van der Waals surface area contributed by atoms with Gasteiger partial charge in [0.2, 0.25) is 10.0 Å². The van der Waals surface area contributed by atoms with Gasteiger partial charge in [-0.25, -0.2) is 18.4 Å². The molecular weight excluding hydrogens is 362 g/mol. The van der Waals surface area contributed by atoms with Crippen LogP contribution in [0.5, 0.6) is 0 Å². The van der Waals surface area contributed by atoms with E-state index in [4.69, 9.17) is 9.97 Å². The molecule has 0 N–H and O–H groups in total. The summed E-state index contributed by atoms with van der Waals surface area (Å²) in [4.78, 5) is 16.3. The Morgan fingerprint density at radius 2 is 1.78 bits per heavy atom. The smallest absolute Gasteiger partial charge is 0.211 e. The summed E-state index contributed by atoms with van der Waals surface area (Å²) in [6.07, 6.45) is 8.34. The van der Waals surface area contributed by atoms with Crippen molar-refractivity contribution in [3.05, 3.63) is 35.7 Å². The van der Waals surface area contributed by atoms with Gasteiger partial charge in [-0.05, 0) is 25.0 Å². The summed E-state index contributed by atoms with van der Waals surface area (Å²) >= 11 is 0. The van der Waals surface area contributed by atoms with Crippen LogP contribution in [0, 0.1) is 0 Å². The van der Waals surface area contributed by atoms with Crippen molar-refractivity contribution in [2.75, 3.05) is 30.8 Å². The fourth-order valence-electron chi connectivity index (χ4n) is 3.81. The molecule has 0 amide bonds. The highest BCUT2D eigenvalue weighted by atomic mass is 32.2. The molecule has 0 spiro atoms. The van der Waals surface area contributed by atoms with Crippen molar-refractivity contribution >= 4 is 15.8 Å². The van der Waals surface area contributed by atoms with E-state index in [1.165, 1.54) is 23.4 Å². The second-order valence-electron chi connectivity index (χ2n) is 7.26. The lowest BCUT2D eigenvalue weighted by Gasteiger charge is -2.31. The van der Waals surface area contributed by atoms with E-state index in [0.717, 1.165) is 48.7 Å². The number of aromatic nitrogens is 3. The molecule has 144 valence electrons. The van der Waals surface area contributed by atoms with Gasteiger partial charge in [0.05, 0.1) is 11.9 Å². The molecular formula is C19H25N5O2S. The van der Waals surface area contributed by atoms with Crippen LogP contribution < -0.4 is 4.90 Å². The normalized spacial score (nSPS) is 18.8. The molecule has 1 fully saturated rings. The van der Waals surface area contributed by atoms with Gasteiger partial charge < -0.3 is 4.90 Å². The number of anilines is 1. The second kappa shape index (κ2) is 7.52. The summed E-state index contributed by atoms with van der Waals surface area (Å²) in [7, 11) is -3.24. The van der Waals surface area contributed by atoms with Crippen LogP contribution in [0.3, 0.4) is 0 Å². The lowest BCUT2D eigenvalue weighted by Crippen LogP contribution is -2.37. The van der Waals surface area contributed by atoms with Gasteiger partial charge >= 0.3 is 0 Å². The van der Waals surface area contributed by atoms with Crippen LogP contribution in [0.25, 0.3) is 11.5 Å². The Morgan fingerprint density at radius 3 is 2.44 bits per heavy atom. The standard InChI is InChI=1S/C19H25N5O2S/c1-27(25,26)24-13-9-16-15(14-24)19(23-11-6-2-3-7-12-23)22-18(21-16)17-8-4-5-10-20-17/h4-5,8,10H,2-3,6-7,9,11-14H2,1H3. The molecule has 2 aromatic heterocycles. The lowest BCUT2D eigenvalue weighted by atomic mass is 10.1. The molecule has 0 aliphatic carbocycles. The highest BCUT2D eigenvalue weighted by Crippen LogP contribution is 2.31. The zero-order valence-corrected chi connectivity index (χ0v) is 16.5. The van der Waals surface area contributed by atoms with Gasteiger partial charge in [0.25, 0.3) is 0 Å². The maximum Gasteiger partial charge on any atom is 0.211 e. The predicted octanol–water partition coefficient (Wildman–Crippen LogP) is 2.24. The Kier molecular flexibility index (Phi) is 5.10. The molecule has 7 nitrogen and oxygen atoms in total. The van der Waals surface area contributed by atoms with Gasteiger partial charge in [-0.15, -0.1) is 0 Å². The molecule has 4 heterocycles. The van der Waals surface area contributed by atoms with Crippen LogP contribution in [0.2, 0.25) is 0 Å². The minimum Gasteiger partial charge on any atom is -0.356 e. The van der Waals surface area contributed by atoms with Gasteiger partial charge in [-0.1, -0.05) is 18.9 Å². The Labute approximate surface area is 160 Å². The first-order valence-electron chi connectivity index (χ1n) is 9.53. The number of hydrogen-bond donors (Lipinski definition) is 0. The molecule has 8 heteroatoms. The molecule has 27 heavy (non-hydrogen) atoms. The highest BCUT2D eigenvalue weighted by Gasteiger charge is 2.29. The van der Waals surface area contributed by atoms with Gasteiger partial charge in [-0.2, -0.15) is 4.31 Å². The van der Waals surface area contributed by atoms with Crippen molar-refractivity contribution in [3.8, 4) is 11.5 Å². The molecule has 2 aliphatic heterocycles. The SMILES string of the molecule is CS(=O)(=O)N1CCc2nc(-c3ccccn3)nc(N3CCCCCC3)c2C1.